The summed E-state index contributed by atoms with van der Waals surface area (Å²) in [4.78, 5) is 39.6. The van der Waals surface area contributed by atoms with Crippen LogP contribution in [0.2, 0.25) is 0 Å². The zero-order chi connectivity index (χ0) is 18.7. The molecule has 8 heteroatoms. The Bertz CT molecular complexity index is 1030. The van der Waals surface area contributed by atoms with Crippen LogP contribution in [0.5, 0.6) is 0 Å². The normalized spacial score (nSPS) is 24.0. The lowest BCUT2D eigenvalue weighted by molar-refractivity contribution is 0.0773. The van der Waals surface area contributed by atoms with Crippen LogP contribution in [0.4, 0.5) is 0 Å². The van der Waals surface area contributed by atoms with Crippen molar-refractivity contribution < 1.29 is 4.79 Å². The van der Waals surface area contributed by atoms with Crippen molar-refractivity contribution in [1.82, 2.24) is 23.8 Å². The van der Waals surface area contributed by atoms with Gasteiger partial charge in [0.15, 0.2) is 0 Å². The molecule has 1 saturated heterocycles. The quantitative estimate of drug-likeness (QED) is 0.734. The summed E-state index contributed by atoms with van der Waals surface area (Å²) in [5.74, 6) is 1.30. The van der Waals surface area contributed by atoms with Gasteiger partial charge >= 0.3 is 11.1 Å². The van der Waals surface area contributed by atoms with Crippen molar-refractivity contribution in [2.45, 2.75) is 38.3 Å². The van der Waals surface area contributed by atoms with Crippen molar-refractivity contribution in [2.75, 3.05) is 13.1 Å². The molecule has 2 aromatic heterocycles. The average Bonchev–Trinajstić information content (AvgIpc) is 3.29. The molecule has 1 amide bonds. The van der Waals surface area contributed by atoms with E-state index in [0.717, 1.165) is 12.8 Å². The Morgan fingerprint density at radius 2 is 2.00 bits per heavy atom. The van der Waals surface area contributed by atoms with Crippen LogP contribution in [0, 0.1) is 11.8 Å². The fraction of sp³-hybridized carbons (Fsp3) is 0.579. The van der Waals surface area contributed by atoms with E-state index in [2.05, 4.69) is 5.10 Å². The zero-order valence-corrected chi connectivity index (χ0v) is 15.4. The second-order valence-electron chi connectivity index (χ2n) is 8.14. The Kier molecular flexibility index (Phi) is 3.63. The predicted octanol–water partition coefficient (Wildman–Crippen LogP) is 0.413. The van der Waals surface area contributed by atoms with E-state index in [-0.39, 0.29) is 17.7 Å². The van der Waals surface area contributed by atoms with Crippen molar-refractivity contribution >= 4 is 5.91 Å². The Labute approximate surface area is 156 Å². The minimum Gasteiger partial charge on any atom is -0.347 e. The summed E-state index contributed by atoms with van der Waals surface area (Å²) in [6.45, 7) is 2.14. The molecule has 0 unspecified atom stereocenters. The van der Waals surface area contributed by atoms with E-state index in [1.54, 1.807) is 4.57 Å². The highest BCUT2D eigenvalue weighted by molar-refractivity contribution is 5.93. The molecule has 27 heavy (non-hydrogen) atoms. The van der Waals surface area contributed by atoms with Crippen LogP contribution < -0.4 is 11.1 Å². The van der Waals surface area contributed by atoms with Gasteiger partial charge in [0.2, 0.25) is 0 Å². The predicted molar refractivity (Wildman–Crippen MR) is 97.6 cm³/mol. The van der Waals surface area contributed by atoms with Gasteiger partial charge in [0.1, 0.15) is 11.5 Å². The zero-order valence-electron chi connectivity index (χ0n) is 15.4. The van der Waals surface area contributed by atoms with E-state index < -0.39 is 11.1 Å². The average molecular weight is 369 g/mol. The number of aromatic nitrogens is 4. The molecular formula is C19H23N5O3. The van der Waals surface area contributed by atoms with Crippen LogP contribution in [0.15, 0.2) is 27.9 Å². The van der Waals surface area contributed by atoms with E-state index in [9.17, 15) is 14.4 Å². The Morgan fingerprint density at radius 3 is 2.67 bits per heavy atom. The van der Waals surface area contributed by atoms with Crippen molar-refractivity contribution in [3.05, 3.63) is 50.6 Å². The SMILES string of the molecule is Cn1cccc1C(=O)N1C[C@@H]2Cn3c(nn(CC4CCC4)c(=O)c3=O)[C@H]2C1. The molecular weight excluding hydrogens is 346 g/mol. The van der Waals surface area contributed by atoms with Crippen molar-refractivity contribution in [3.8, 4) is 0 Å². The minimum atomic E-state index is -0.512. The molecule has 4 heterocycles. The molecule has 0 N–H and O–H groups in total. The smallest absolute Gasteiger partial charge is 0.332 e. The van der Waals surface area contributed by atoms with Gasteiger partial charge in [0.25, 0.3) is 5.91 Å². The van der Waals surface area contributed by atoms with Gasteiger partial charge in [-0.05, 0) is 30.9 Å². The largest absolute Gasteiger partial charge is 0.347 e. The van der Waals surface area contributed by atoms with Crippen LogP contribution in [0.1, 0.15) is 41.5 Å². The maximum absolute atomic E-state index is 12.8. The van der Waals surface area contributed by atoms with Gasteiger partial charge in [-0.15, -0.1) is 0 Å². The van der Waals surface area contributed by atoms with Gasteiger partial charge in [-0.3, -0.25) is 19.0 Å². The number of hydrogen-bond donors (Lipinski definition) is 0. The van der Waals surface area contributed by atoms with Crippen LogP contribution in [-0.2, 0) is 20.1 Å². The first-order valence-electron chi connectivity index (χ1n) is 9.65. The summed E-state index contributed by atoms with van der Waals surface area (Å²) >= 11 is 0. The van der Waals surface area contributed by atoms with Gasteiger partial charge in [0.05, 0.1) is 0 Å². The molecule has 5 rings (SSSR count). The number of hydrogen-bond acceptors (Lipinski definition) is 4. The molecule has 2 atom stereocenters. The van der Waals surface area contributed by atoms with Crippen LogP contribution in [0.3, 0.4) is 0 Å². The molecule has 0 radical (unpaired) electrons. The molecule has 0 aromatic carbocycles. The number of likely N-dealkylation sites (tertiary alicyclic amines) is 1. The van der Waals surface area contributed by atoms with E-state index >= 15 is 0 Å². The van der Waals surface area contributed by atoms with E-state index in [4.69, 9.17) is 0 Å². The minimum absolute atomic E-state index is 0.00795. The van der Waals surface area contributed by atoms with Gasteiger partial charge < -0.3 is 9.47 Å². The van der Waals surface area contributed by atoms with Gasteiger partial charge in [0, 0.05) is 51.3 Å². The monoisotopic (exact) mass is 369 g/mol. The van der Waals surface area contributed by atoms with E-state index in [1.807, 2.05) is 34.8 Å². The Balaban J connectivity index is 1.44. The topological polar surface area (TPSA) is 82.1 Å². The van der Waals surface area contributed by atoms with Crippen LogP contribution in [-0.4, -0.2) is 42.8 Å². The third kappa shape index (κ3) is 2.49. The number of amides is 1. The molecule has 1 saturated carbocycles. The third-order valence-corrected chi connectivity index (χ3v) is 6.46. The molecule has 2 aliphatic heterocycles. The van der Waals surface area contributed by atoms with E-state index in [0.29, 0.717) is 43.6 Å². The second kappa shape index (κ2) is 5.94. The highest BCUT2D eigenvalue weighted by atomic mass is 16.2. The fourth-order valence-electron chi connectivity index (χ4n) is 4.64. The van der Waals surface area contributed by atoms with Gasteiger partial charge in [-0.1, -0.05) is 6.42 Å². The summed E-state index contributed by atoms with van der Waals surface area (Å²) in [6.07, 6.45) is 5.24. The van der Waals surface area contributed by atoms with E-state index in [1.165, 1.54) is 11.1 Å². The molecule has 2 fully saturated rings. The van der Waals surface area contributed by atoms with Gasteiger partial charge in [-0.25, -0.2) is 4.68 Å². The molecule has 0 bridgehead atoms. The number of rotatable bonds is 3. The fourth-order valence-corrected chi connectivity index (χ4v) is 4.64. The summed E-state index contributed by atoms with van der Waals surface area (Å²) in [6, 6.07) is 3.68. The summed E-state index contributed by atoms with van der Waals surface area (Å²) < 4.78 is 4.74. The lowest BCUT2D eigenvalue weighted by atomic mass is 9.85. The van der Waals surface area contributed by atoms with Gasteiger partial charge in [-0.2, -0.15) is 5.10 Å². The van der Waals surface area contributed by atoms with Crippen LogP contribution in [0.25, 0.3) is 0 Å². The third-order valence-electron chi connectivity index (χ3n) is 6.46. The number of fused-ring (bicyclic) bond motifs is 3. The number of carbonyl (C=O) groups is 1. The standard InChI is InChI=1S/C19H23N5O3/c1-21-7-3-6-15(21)17(25)22-9-13-10-23-16(14(13)11-22)20-24(19(27)18(23)26)8-12-4-2-5-12/h3,6-7,12-14H,2,4-5,8-11H2,1H3/t13-,14+/m1/s1. The summed E-state index contributed by atoms with van der Waals surface area (Å²) in [5, 5.41) is 4.58. The molecule has 1 aliphatic carbocycles. The maximum Gasteiger partial charge on any atom is 0.332 e. The molecule has 3 aliphatic rings. The summed E-state index contributed by atoms with van der Waals surface area (Å²) in [5.41, 5.74) is -0.313. The van der Waals surface area contributed by atoms with Crippen molar-refractivity contribution in [3.63, 3.8) is 0 Å². The van der Waals surface area contributed by atoms with Crippen LogP contribution >= 0.6 is 0 Å². The first-order chi connectivity index (χ1) is 13.0. The number of carbonyl (C=O) groups excluding carboxylic acids is 1. The number of nitrogens with zero attached hydrogens (tertiary/aromatic N) is 5. The molecule has 8 nitrogen and oxygen atoms in total. The number of aryl methyl sites for hydroxylation is 1. The first-order valence-corrected chi connectivity index (χ1v) is 9.65. The molecule has 2 aromatic rings. The second-order valence-corrected chi connectivity index (χ2v) is 8.14. The lowest BCUT2D eigenvalue weighted by Gasteiger charge is -2.25. The summed E-state index contributed by atoms with van der Waals surface area (Å²) in [7, 11) is 1.86. The maximum atomic E-state index is 12.8. The molecule has 142 valence electrons. The lowest BCUT2D eigenvalue weighted by Crippen LogP contribution is -2.45. The van der Waals surface area contributed by atoms with Crippen molar-refractivity contribution in [2.24, 2.45) is 18.9 Å². The highest BCUT2D eigenvalue weighted by Crippen LogP contribution is 2.37. The van der Waals surface area contributed by atoms with Crippen molar-refractivity contribution in [1.29, 1.82) is 0 Å². The molecule has 0 spiro atoms. The Hall–Kier alpha value is -2.64. The first kappa shape index (κ1) is 16.5. The Morgan fingerprint density at radius 1 is 1.19 bits per heavy atom. The highest BCUT2D eigenvalue weighted by Gasteiger charge is 2.44.